The molecule has 0 saturated heterocycles. The second-order valence-electron chi connectivity index (χ2n) is 12.8. The van der Waals surface area contributed by atoms with Crippen LogP contribution in [0.15, 0.2) is 186 Å². The number of nitrogens with zero attached hydrogens (tertiary/aromatic N) is 2. The summed E-state index contributed by atoms with van der Waals surface area (Å²) in [7, 11) is 0. The van der Waals surface area contributed by atoms with Crippen LogP contribution in [0.5, 0.6) is 0 Å². The quantitative estimate of drug-likeness (QED) is 0.185. The van der Waals surface area contributed by atoms with Gasteiger partial charge in [-0.05, 0) is 88.9 Å². The molecule has 0 spiro atoms. The van der Waals surface area contributed by atoms with Crippen molar-refractivity contribution < 1.29 is 14.0 Å². The molecule has 3 heteroatoms. The SMILES string of the molecule is [2H]c1c([2H])c([2H])c2c(c1[2H])c1c([2H])c(-c3ccc4c(c3)c3ccccc3n4-c3cccc(-c4ccccc4)c3)c([2H])c([2H])c1n2-c1ccc2c(c1)oc1ccccc12. The second-order valence-corrected chi connectivity index (χ2v) is 12.8. The molecule has 8 aromatic carbocycles. The second kappa shape index (κ2) is 10.8. The molecule has 11 rings (SSSR count). The lowest BCUT2D eigenvalue weighted by atomic mass is 10.0. The molecule has 0 aliphatic heterocycles. The van der Waals surface area contributed by atoms with E-state index in [1.807, 2.05) is 84.9 Å². The lowest BCUT2D eigenvalue weighted by Crippen LogP contribution is -1.94. The highest BCUT2D eigenvalue weighted by molar-refractivity contribution is 6.13. The van der Waals surface area contributed by atoms with Crippen LogP contribution in [-0.2, 0) is 0 Å². The van der Waals surface area contributed by atoms with E-state index in [0.717, 1.165) is 49.4 Å². The topological polar surface area (TPSA) is 23.0 Å². The van der Waals surface area contributed by atoms with Gasteiger partial charge in [0.1, 0.15) is 11.2 Å². The number of para-hydroxylation sites is 3. The largest absolute Gasteiger partial charge is 0.456 e. The summed E-state index contributed by atoms with van der Waals surface area (Å²) in [6.07, 6.45) is 0. The summed E-state index contributed by atoms with van der Waals surface area (Å²) in [5.41, 5.74) is 7.93. The Labute approximate surface area is 303 Å². The number of rotatable bonds is 4. The predicted octanol–water partition coefficient (Wildman–Crippen LogP) is 13.1. The number of aromatic nitrogens is 2. The van der Waals surface area contributed by atoms with Crippen molar-refractivity contribution in [1.29, 1.82) is 0 Å². The minimum absolute atomic E-state index is 0.0896. The fourth-order valence-corrected chi connectivity index (χ4v) is 7.63. The zero-order chi connectivity index (χ0) is 39.6. The standard InChI is InChI=1S/C48H30N2O/c1-2-11-31(12-3-1)32-13-10-14-35(27-32)49-43-18-7-4-15-37(43)41-28-33(21-25-45(41)49)34-22-26-46-42(29-34)38-16-5-8-19-44(38)50(46)36-23-24-40-39-17-6-9-20-47(39)51-48(40)30-36/h1-30H/i5D,8D,16D,19D,22D,26D,29D. The van der Waals surface area contributed by atoms with Gasteiger partial charge in [-0.25, -0.2) is 0 Å². The van der Waals surface area contributed by atoms with Crippen molar-refractivity contribution in [2.45, 2.75) is 0 Å². The zero-order valence-electron chi connectivity index (χ0n) is 34.1. The van der Waals surface area contributed by atoms with Crippen LogP contribution >= 0.6 is 0 Å². The van der Waals surface area contributed by atoms with Gasteiger partial charge in [-0.15, -0.1) is 0 Å². The normalized spacial score (nSPS) is 13.8. The smallest absolute Gasteiger partial charge is 0.137 e. The van der Waals surface area contributed by atoms with Gasteiger partial charge in [-0.2, -0.15) is 0 Å². The Morgan fingerprint density at radius 3 is 2.02 bits per heavy atom. The van der Waals surface area contributed by atoms with Crippen molar-refractivity contribution in [3.8, 4) is 33.6 Å². The highest BCUT2D eigenvalue weighted by Gasteiger charge is 2.17. The fourth-order valence-electron chi connectivity index (χ4n) is 7.63. The maximum Gasteiger partial charge on any atom is 0.137 e. The number of furan rings is 1. The molecule has 0 amide bonds. The van der Waals surface area contributed by atoms with Gasteiger partial charge in [-0.3, -0.25) is 0 Å². The molecule has 0 bridgehead atoms. The van der Waals surface area contributed by atoms with E-state index in [-0.39, 0.29) is 57.6 Å². The minimum atomic E-state index is -0.433. The highest BCUT2D eigenvalue weighted by atomic mass is 16.3. The molecular weight excluding hydrogens is 621 g/mol. The molecule has 0 fully saturated rings. The Kier molecular flexibility index (Phi) is 4.67. The third kappa shape index (κ3) is 4.25. The summed E-state index contributed by atoms with van der Waals surface area (Å²) >= 11 is 0. The van der Waals surface area contributed by atoms with E-state index < -0.39 is 12.1 Å². The van der Waals surface area contributed by atoms with Crippen LogP contribution in [-0.4, -0.2) is 9.13 Å². The first-order valence-electron chi connectivity index (χ1n) is 20.4. The van der Waals surface area contributed by atoms with Crippen LogP contribution < -0.4 is 0 Å². The van der Waals surface area contributed by atoms with Crippen LogP contribution in [0, 0.1) is 0 Å². The van der Waals surface area contributed by atoms with Crippen LogP contribution in [0.3, 0.4) is 0 Å². The van der Waals surface area contributed by atoms with Crippen molar-refractivity contribution in [3.05, 3.63) is 182 Å². The summed E-state index contributed by atoms with van der Waals surface area (Å²) in [5, 5.41) is 4.01. The van der Waals surface area contributed by atoms with Gasteiger partial charge in [0, 0.05) is 49.8 Å². The van der Waals surface area contributed by atoms with E-state index in [4.69, 9.17) is 9.90 Å². The van der Waals surface area contributed by atoms with Crippen LogP contribution in [0.2, 0.25) is 0 Å². The first kappa shape index (κ1) is 22.0. The van der Waals surface area contributed by atoms with E-state index >= 15 is 0 Å². The molecule has 3 nitrogen and oxygen atoms in total. The summed E-state index contributed by atoms with van der Waals surface area (Å²) in [4.78, 5) is 0. The minimum Gasteiger partial charge on any atom is -0.456 e. The molecule has 238 valence electrons. The van der Waals surface area contributed by atoms with Crippen molar-refractivity contribution >= 4 is 65.6 Å². The molecule has 0 atom stereocenters. The average Bonchev–Trinajstić information content (AvgIpc) is 3.92. The van der Waals surface area contributed by atoms with E-state index in [9.17, 15) is 4.11 Å². The molecule has 0 aliphatic carbocycles. The summed E-state index contributed by atoms with van der Waals surface area (Å²) in [5.74, 6) is 0. The third-order valence-electron chi connectivity index (χ3n) is 9.95. The molecule has 0 radical (unpaired) electrons. The fraction of sp³-hybridized carbons (Fsp3) is 0. The van der Waals surface area contributed by atoms with Crippen molar-refractivity contribution in [3.63, 3.8) is 0 Å². The first-order valence-corrected chi connectivity index (χ1v) is 16.9. The van der Waals surface area contributed by atoms with Gasteiger partial charge in [0.2, 0.25) is 0 Å². The molecule has 51 heavy (non-hydrogen) atoms. The maximum absolute atomic E-state index is 9.79. The highest BCUT2D eigenvalue weighted by Crippen LogP contribution is 2.39. The predicted molar refractivity (Wildman–Crippen MR) is 213 cm³/mol. The molecular formula is C48H30N2O. The monoisotopic (exact) mass is 657 g/mol. The summed E-state index contributed by atoms with van der Waals surface area (Å²) in [6, 6.07) is 43.9. The molecule has 0 aliphatic rings. The van der Waals surface area contributed by atoms with Crippen LogP contribution in [0.4, 0.5) is 0 Å². The lowest BCUT2D eigenvalue weighted by molar-refractivity contribution is 0.668. The van der Waals surface area contributed by atoms with Crippen molar-refractivity contribution in [2.75, 3.05) is 0 Å². The van der Waals surface area contributed by atoms with Crippen LogP contribution in [0.25, 0.3) is 99.2 Å². The Morgan fingerprint density at radius 1 is 0.373 bits per heavy atom. The van der Waals surface area contributed by atoms with E-state index in [0.29, 0.717) is 22.4 Å². The van der Waals surface area contributed by atoms with Gasteiger partial charge in [0.15, 0.2) is 0 Å². The summed E-state index contributed by atoms with van der Waals surface area (Å²) in [6.45, 7) is 0. The Balaban J connectivity index is 1.18. The van der Waals surface area contributed by atoms with Gasteiger partial charge in [-0.1, -0.05) is 109 Å². The Hall–Kier alpha value is -6.84. The van der Waals surface area contributed by atoms with E-state index in [2.05, 4.69) is 53.1 Å². The van der Waals surface area contributed by atoms with E-state index in [1.54, 1.807) is 10.6 Å². The van der Waals surface area contributed by atoms with Gasteiger partial charge in [0.25, 0.3) is 0 Å². The average molecular weight is 658 g/mol. The molecule has 0 unspecified atom stereocenters. The Bertz CT molecular complexity index is 3550. The molecule has 0 saturated carbocycles. The molecule has 0 N–H and O–H groups in total. The molecule has 11 aromatic rings. The Morgan fingerprint density at radius 2 is 1.08 bits per heavy atom. The summed E-state index contributed by atoms with van der Waals surface area (Å²) < 4.78 is 74.4. The zero-order valence-corrected chi connectivity index (χ0v) is 27.1. The molecule has 3 aromatic heterocycles. The number of fused-ring (bicyclic) bond motifs is 9. The van der Waals surface area contributed by atoms with E-state index in [1.165, 1.54) is 0 Å². The lowest BCUT2D eigenvalue weighted by Gasteiger charge is -2.11. The van der Waals surface area contributed by atoms with Gasteiger partial charge >= 0.3 is 0 Å². The van der Waals surface area contributed by atoms with Crippen LogP contribution in [0.1, 0.15) is 9.60 Å². The van der Waals surface area contributed by atoms with Crippen molar-refractivity contribution in [2.24, 2.45) is 0 Å². The number of hydrogen-bond donors (Lipinski definition) is 0. The maximum atomic E-state index is 9.79. The molecule has 3 heterocycles. The first-order chi connectivity index (χ1) is 28.2. The third-order valence-corrected chi connectivity index (χ3v) is 9.95. The van der Waals surface area contributed by atoms with Gasteiger partial charge < -0.3 is 13.6 Å². The van der Waals surface area contributed by atoms with Crippen molar-refractivity contribution in [1.82, 2.24) is 9.13 Å². The number of benzene rings is 8. The number of hydrogen-bond acceptors (Lipinski definition) is 1. The van der Waals surface area contributed by atoms with Gasteiger partial charge in [0.05, 0.1) is 31.7 Å².